The van der Waals surface area contributed by atoms with Crippen molar-refractivity contribution < 1.29 is 28.4 Å². The fourth-order valence-electron chi connectivity index (χ4n) is 8.35. The second kappa shape index (κ2) is 15.2. The summed E-state index contributed by atoms with van der Waals surface area (Å²) in [4.78, 5) is 11.1. The third kappa shape index (κ3) is 6.07. The highest BCUT2D eigenvalue weighted by Crippen LogP contribution is 2.59. The first-order valence-electron chi connectivity index (χ1n) is 19.0. The van der Waals surface area contributed by atoms with Crippen LogP contribution in [-0.2, 0) is 20.7 Å². The van der Waals surface area contributed by atoms with E-state index in [1.165, 1.54) is 0 Å². The zero-order chi connectivity index (χ0) is 39.6. The Kier molecular flexibility index (Phi) is 9.96. The number of para-hydroxylation sites is 4. The van der Waals surface area contributed by atoms with Gasteiger partial charge in [0.15, 0.2) is 11.2 Å². The summed E-state index contributed by atoms with van der Waals surface area (Å²) in [6.45, 7) is 4.10. The van der Waals surface area contributed by atoms with Gasteiger partial charge in [-0.05, 0) is 49.2 Å². The van der Waals surface area contributed by atoms with E-state index in [2.05, 4.69) is 38.1 Å². The molecule has 0 aliphatic carbocycles. The molecular formula is C49H46N2O6. The van der Waals surface area contributed by atoms with Crippen molar-refractivity contribution in [2.24, 2.45) is 15.4 Å². The van der Waals surface area contributed by atoms with Crippen molar-refractivity contribution >= 4 is 11.8 Å². The Balaban J connectivity index is 1.38. The summed E-state index contributed by atoms with van der Waals surface area (Å²) in [5, 5.41) is 0. The zero-order valence-electron chi connectivity index (χ0n) is 33.0. The van der Waals surface area contributed by atoms with Gasteiger partial charge < -0.3 is 28.4 Å². The van der Waals surface area contributed by atoms with Crippen molar-refractivity contribution in [3.63, 3.8) is 0 Å². The smallest absolute Gasteiger partial charge is 0.200 e. The number of ether oxygens (including phenoxy) is 6. The molecule has 0 fully saturated rings. The molecule has 57 heavy (non-hydrogen) atoms. The van der Waals surface area contributed by atoms with Crippen LogP contribution in [0.25, 0.3) is 0 Å². The van der Waals surface area contributed by atoms with E-state index in [1.807, 2.05) is 133 Å². The van der Waals surface area contributed by atoms with E-state index in [-0.39, 0.29) is 0 Å². The van der Waals surface area contributed by atoms with Crippen LogP contribution < -0.4 is 18.9 Å². The molecule has 2 heterocycles. The first-order valence-corrected chi connectivity index (χ1v) is 19.0. The van der Waals surface area contributed by atoms with Gasteiger partial charge in [0.2, 0.25) is 11.8 Å². The summed E-state index contributed by atoms with van der Waals surface area (Å²) in [6, 6.07) is 51.0. The lowest BCUT2D eigenvalue weighted by atomic mass is 9.77. The third-order valence-corrected chi connectivity index (χ3v) is 11.1. The predicted octanol–water partition coefficient (Wildman–Crippen LogP) is 10.3. The van der Waals surface area contributed by atoms with Crippen LogP contribution in [0.4, 0.5) is 0 Å². The van der Waals surface area contributed by atoms with Gasteiger partial charge in [-0.25, -0.2) is 9.98 Å². The van der Waals surface area contributed by atoms with E-state index in [1.54, 1.807) is 28.4 Å². The second-order valence-corrected chi connectivity index (χ2v) is 14.6. The van der Waals surface area contributed by atoms with Crippen molar-refractivity contribution in [3.8, 4) is 23.0 Å². The van der Waals surface area contributed by atoms with E-state index in [4.69, 9.17) is 38.4 Å². The molecule has 0 amide bonds. The van der Waals surface area contributed by atoms with Crippen LogP contribution in [0.3, 0.4) is 0 Å². The number of methoxy groups -OCH3 is 4. The average molecular weight is 759 g/mol. The van der Waals surface area contributed by atoms with E-state index >= 15 is 0 Å². The molecule has 2 atom stereocenters. The van der Waals surface area contributed by atoms with Gasteiger partial charge in [0.25, 0.3) is 0 Å². The minimum absolute atomic E-state index is 0.439. The van der Waals surface area contributed by atoms with Gasteiger partial charge in [0, 0.05) is 22.3 Å². The molecule has 8 nitrogen and oxygen atoms in total. The van der Waals surface area contributed by atoms with Crippen LogP contribution in [0.15, 0.2) is 168 Å². The Hall–Kier alpha value is -6.54. The molecule has 0 spiro atoms. The van der Waals surface area contributed by atoms with Crippen molar-refractivity contribution in [2.75, 3.05) is 28.4 Å². The molecule has 2 aliphatic rings. The Morgan fingerprint density at radius 1 is 0.404 bits per heavy atom. The lowest BCUT2D eigenvalue weighted by molar-refractivity contribution is 0.0680. The van der Waals surface area contributed by atoms with Crippen molar-refractivity contribution in [3.05, 3.63) is 191 Å². The molecule has 0 saturated heterocycles. The van der Waals surface area contributed by atoms with Gasteiger partial charge in [0.1, 0.15) is 40.5 Å². The standard InChI is InChI=1S/C49H46N2O6/c1-47(2,45-50-43(33-21-9-7-10-22-33)48(56-45,35-25-13-17-29-39(35)52-3)36-26-14-18-30-40(36)53-4)46-51-44(34-23-11-8-12-24-34)49(57-46,37-27-15-19-31-41(37)54-5)38-28-16-20-32-42(38)55-6/h7-32,43-44H,1-6H3/t43-,44-/m1/s1. The maximum absolute atomic E-state index is 7.54. The number of rotatable bonds is 12. The predicted molar refractivity (Wildman–Crippen MR) is 223 cm³/mol. The minimum Gasteiger partial charge on any atom is -0.496 e. The molecular weight excluding hydrogens is 713 g/mol. The molecule has 2 aliphatic heterocycles. The molecule has 6 aromatic rings. The summed E-state index contributed by atoms with van der Waals surface area (Å²) in [6.07, 6.45) is 0. The number of benzene rings is 6. The minimum atomic E-state index is -1.23. The van der Waals surface area contributed by atoms with E-state index < -0.39 is 28.7 Å². The summed E-state index contributed by atoms with van der Waals surface area (Å²) >= 11 is 0. The Labute approximate surface area is 334 Å². The monoisotopic (exact) mass is 758 g/mol. The highest BCUT2D eigenvalue weighted by Gasteiger charge is 2.60. The molecule has 8 heteroatoms. The number of nitrogens with zero attached hydrogens (tertiary/aromatic N) is 2. The SMILES string of the molecule is COc1ccccc1C1(c2ccccc2OC)OC(C(C)(C)C2=N[C@H](c3ccccc3)C(c3ccccc3OC)(c3ccccc3OC)O2)=N[C@@H]1c1ccccc1. The van der Waals surface area contributed by atoms with Crippen molar-refractivity contribution in [1.29, 1.82) is 0 Å². The van der Waals surface area contributed by atoms with Crippen LogP contribution in [0.2, 0.25) is 0 Å². The topological polar surface area (TPSA) is 80.1 Å². The van der Waals surface area contributed by atoms with Crippen LogP contribution in [0.5, 0.6) is 23.0 Å². The van der Waals surface area contributed by atoms with E-state index in [0.29, 0.717) is 34.8 Å². The first kappa shape index (κ1) is 37.4. The molecule has 0 N–H and O–H groups in total. The molecule has 288 valence electrons. The van der Waals surface area contributed by atoms with Gasteiger partial charge in [0.05, 0.1) is 28.4 Å². The second-order valence-electron chi connectivity index (χ2n) is 14.6. The van der Waals surface area contributed by atoms with Crippen LogP contribution >= 0.6 is 0 Å². The average Bonchev–Trinajstić information content (AvgIpc) is 3.90. The van der Waals surface area contributed by atoms with Gasteiger partial charge in [-0.3, -0.25) is 0 Å². The van der Waals surface area contributed by atoms with E-state index in [9.17, 15) is 0 Å². The van der Waals surface area contributed by atoms with Crippen LogP contribution in [0.1, 0.15) is 59.3 Å². The normalized spacial score (nSPS) is 18.1. The third-order valence-electron chi connectivity index (χ3n) is 11.1. The van der Waals surface area contributed by atoms with Gasteiger partial charge in [-0.1, -0.05) is 133 Å². The maximum atomic E-state index is 7.54. The van der Waals surface area contributed by atoms with Crippen molar-refractivity contribution in [1.82, 2.24) is 0 Å². The number of hydrogen-bond donors (Lipinski definition) is 0. The Bertz CT molecular complexity index is 2160. The summed E-state index contributed by atoms with van der Waals surface area (Å²) in [7, 11) is 6.69. The van der Waals surface area contributed by atoms with Crippen LogP contribution in [0, 0.1) is 5.41 Å². The van der Waals surface area contributed by atoms with Gasteiger partial charge in [-0.2, -0.15) is 0 Å². The number of hydrogen-bond acceptors (Lipinski definition) is 8. The van der Waals surface area contributed by atoms with Gasteiger partial charge in [-0.15, -0.1) is 0 Å². The largest absolute Gasteiger partial charge is 0.496 e. The van der Waals surface area contributed by atoms with E-state index in [0.717, 1.165) is 33.4 Å². The maximum Gasteiger partial charge on any atom is 0.200 e. The highest BCUT2D eigenvalue weighted by atomic mass is 16.5. The Morgan fingerprint density at radius 3 is 0.947 bits per heavy atom. The Morgan fingerprint density at radius 2 is 0.667 bits per heavy atom. The lowest BCUT2D eigenvalue weighted by Crippen LogP contribution is -2.42. The molecule has 6 aromatic carbocycles. The highest BCUT2D eigenvalue weighted by molar-refractivity contribution is 6.06. The summed E-state index contributed by atoms with van der Waals surface area (Å²) in [5.41, 5.74) is 1.62. The molecule has 8 rings (SSSR count). The van der Waals surface area contributed by atoms with Crippen molar-refractivity contribution in [2.45, 2.75) is 37.1 Å². The lowest BCUT2D eigenvalue weighted by Gasteiger charge is -2.39. The summed E-state index contributed by atoms with van der Waals surface area (Å²) < 4.78 is 39.4. The first-order chi connectivity index (χ1) is 27.8. The molecule has 0 radical (unpaired) electrons. The fraction of sp³-hybridized carbons (Fsp3) is 0.224. The van der Waals surface area contributed by atoms with Gasteiger partial charge >= 0.3 is 0 Å². The zero-order valence-corrected chi connectivity index (χ0v) is 33.0. The number of aliphatic imine (C=N–C) groups is 2. The fourth-order valence-corrected chi connectivity index (χ4v) is 8.35. The molecule has 0 bridgehead atoms. The molecule has 0 saturated carbocycles. The quantitative estimate of drug-likeness (QED) is 0.124. The molecule has 0 unspecified atom stereocenters. The molecule has 0 aromatic heterocycles. The van der Waals surface area contributed by atoms with Crippen LogP contribution in [-0.4, -0.2) is 40.2 Å². The summed E-state index contributed by atoms with van der Waals surface area (Å²) in [5.74, 6) is 3.50.